The van der Waals surface area contributed by atoms with Crippen molar-refractivity contribution in [2.24, 2.45) is 0 Å². The molecule has 0 fully saturated rings. The lowest BCUT2D eigenvalue weighted by molar-refractivity contribution is -0.112. The summed E-state index contributed by atoms with van der Waals surface area (Å²) in [6, 6.07) is 20.0. The summed E-state index contributed by atoms with van der Waals surface area (Å²) < 4.78 is 7.06. The van der Waals surface area contributed by atoms with Gasteiger partial charge in [-0.3, -0.25) is 4.79 Å². The third-order valence-corrected chi connectivity index (χ3v) is 4.78. The molecule has 31 heavy (non-hydrogen) atoms. The van der Waals surface area contributed by atoms with E-state index in [9.17, 15) is 14.9 Å². The summed E-state index contributed by atoms with van der Waals surface area (Å²) in [7, 11) is 0. The Morgan fingerprint density at radius 3 is 2.52 bits per heavy atom. The highest BCUT2D eigenvalue weighted by Crippen LogP contribution is 2.24. The molecule has 0 saturated carbocycles. The first-order valence-electron chi connectivity index (χ1n) is 9.89. The van der Waals surface area contributed by atoms with Crippen molar-refractivity contribution in [2.45, 2.75) is 20.8 Å². The number of ether oxygens (including phenoxy) is 1. The zero-order valence-electron chi connectivity index (χ0n) is 17.7. The number of nitrogens with one attached hydrogen (secondary N) is 1. The standard InChI is InChI=1S/C25H23N3O3/c1-4-31-25(30)19-9-8-12-23(15-19)28-17(2)13-20(18(28)3)14-21(16-26)24(29)27-22-10-6-5-7-11-22/h5-15H,4H2,1-3H3,(H,27,29)/b21-14-. The number of nitriles is 1. The summed E-state index contributed by atoms with van der Waals surface area (Å²) in [6.07, 6.45) is 1.58. The maximum absolute atomic E-state index is 12.5. The van der Waals surface area contributed by atoms with Crippen LogP contribution in [0.3, 0.4) is 0 Å². The zero-order valence-corrected chi connectivity index (χ0v) is 17.7. The number of carbonyl (C=O) groups is 2. The first-order valence-corrected chi connectivity index (χ1v) is 9.89. The molecule has 3 aromatic rings. The summed E-state index contributed by atoms with van der Waals surface area (Å²) in [5, 5.41) is 12.3. The van der Waals surface area contributed by atoms with Crippen LogP contribution in [0.5, 0.6) is 0 Å². The van der Waals surface area contributed by atoms with Crippen LogP contribution in [-0.4, -0.2) is 23.1 Å². The quantitative estimate of drug-likeness (QED) is 0.357. The number of rotatable bonds is 6. The van der Waals surface area contributed by atoms with Crippen molar-refractivity contribution in [3.05, 3.63) is 88.8 Å². The molecule has 1 aromatic heterocycles. The third kappa shape index (κ3) is 4.90. The minimum absolute atomic E-state index is 0.00405. The molecule has 0 saturated heterocycles. The average molecular weight is 413 g/mol. The Morgan fingerprint density at radius 2 is 1.84 bits per heavy atom. The molecular weight excluding hydrogens is 390 g/mol. The maximum atomic E-state index is 12.5. The summed E-state index contributed by atoms with van der Waals surface area (Å²) in [5.74, 6) is -0.848. The summed E-state index contributed by atoms with van der Waals surface area (Å²) >= 11 is 0. The van der Waals surface area contributed by atoms with Crippen molar-refractivity contribution in [3.63, 3.8) is 0 Å². The number of esters is 1. The molecule has 0 aliphatic heterocycles. The van der Waals surface area contributed by atoms with Gasteiger partial charge in [0.05, 0.1) is 12.2 Å². The molecule has 1 amide bonds. The molecule has 0 unspecified atom stereocenters. The fourth-order valence-electron chi connectivity index (χ4n) is 3.34. The van der Waals surface area contributed by atoms with Crippen LogP contribution in [0.25, 0.3) is 11.8 Å². The van der Waals surface area contributed by atoms with Gasteiger partial charge in [-0.05, 0) is 68.8 Å². The molecule has 1 N–H and O–H groups in total. The van der Waals surface area contributed by atoms with E-state index in [4.69, 9.17) is 4.74 Å². The molecule has 1 heterocycles. The minimum Gasteiger partial charge on any atom is -0.462 e. The number of hydrogen-bond acceptors (Lipinski definition) is 4. The second kappa shape index (κ2) is 9.59. The van der Waals surface area contributed by atoms with Gasteiger partial charge in [-0.15, -0.1) is 0 Å². The summed E-state index contributed by atoms with van der Waals surface area (Å²) in [4.78, 5) is 24.6. The molecule has 0 spiro atoms. The average Bonchev–Trinajstić information content (AvgIpc) is 3.05. The number of para-hydroxylation sites is 1. The third-order valence-electron chi connectivity index (χ3n) is 4.78. The van der Waals surface area contributed by atoms with E-state index in [-0.39, 0.29) is 11.5 Å². The first kappa shape index (κ1) is 21.6. The maximum Gasteiger partial charge on any atom is 0.338 e. The van der Waals surface area contributed by atoms with E-state index in [2.05, 4.69) is 5.32 Å². The molecule has 6 nitrogen and oxygen atoms in total. The minimum atomic E-state index is -0.470. The van der Waals surface area contributed by atoms with E-state index in [1.54, 1.807) is 43.3 Å². The molecule has 6 heteroatoms. The SMILES string of the molecule is CCOC(=O)c1cccc(-n2c(C)cc(/C=C(/C#N)C(=O)Nc3ccccc3)c2C)c1. The van der Waals surface area contributed by atoms with Crippen LogP contribution in [0, 0.1) is 25.2 Å². The van der Waals surface area contributed by atoms with Crippen molar-refractivity contribution in [1.82, 2.24) is 4.57 Å². The van der Waals surface area contributed by atoms with E-state index >= 15 is 0 Å². The van der Waals surface area contributed by atoms with Gasteiger partial charge in [-0.25, -0.2) is 4.79 Å². The van der Waals surface area contributed by atoms with Crippen molar-refractivity contribution < 1.29 is 14.3 Å². The molecule has 0 radical (unpaired) electrons. The van der Waals surface area contributed by atoms with E-state index in [0.29, 0.717) is 17.9 Å². The topological polar surface area (TPSA) is 84.1 Å². The molecule has 0 aliphatic carbocycles. The number of carbonyl (C=O) groups excluding carboxylic acids is 2. The molecule has 2 aromatic carbocycles. The molecular formula is C25H23N3O3. The van der Waals surface area contributed by atoms with Gasteiger partial charge in [0.1, 0.15) is 11.6 Å². The normalized spacial score (nSPS) is 11.0. The molecule has 0 aliphatic rings. The Balaban J connectivity index is 1.94. The Hall–Kier alpha value is -4.11. The van der Waals surface area contributed by atoms with Crippen LogP contribution in [0.15, 0.2) is 66.2 Å². The Kier molecular flexibility index (Phi) is 6.68. The predicted octanol–water partition coefficient (Wildman–Crippen LogP) is 4.82. The van der Waals surface area contributed by atoms with Gasteiger partial charge in [0.25, 0.3) is 5.91 Å². The lowest BCUT2D eigenvalue weighted by atomic mass is 10.1. The number of amides is 1. The molecule has 3 rings (SSSR count). The van der Waals surface area contributed by atoms with E-state index in [1.807, 2.05) is 54.8 Å². The number of anilines is 1. The van der Waals surface area contributed by atoms with Crippen LogP contribution >= 0.6 is 0 Å². The van der Waals surface area contributed by atoms with E-state index in [1.165, 1.54) is 0 Å². The molecule has 156 valence electrons. The van der Waals surface area contributed by atoms with E-state index in [0.717, 1.165) is 22.6 Å². The van der Waals surface area contributed by atoms with Crippen LogP contribution < -0.4 is 5.32 Å². The van der Waals surface area contributed by atoms with Gasteiger partial charge >= 0.3 is 5.97 Å². The van der Waals surface area contributed by atoms with Crippen LogP contribution in [0.1, 0.15) is 34.2 Å². The summed E-state index contributed by atoms with van der Waals surface area (Å²) in [5.41, 5.74) is 4.39. The van der Waals surface area contributed by atoms with Gasteiger partial charge in [0, 0.05) is 22.8 Å². The smallest absolute Gasteiger partial charge is 0.338 e. The highest BCUT2D eigenvalue weighted by molar-refractivity contribution is 6.09. The van der Waals surface area contributed by atoms with Crippen molar-refractivity contribution in [3.8, 4) is 11.8 Å². The zero-order chi connectivity index (χ0) is 22.4. The van der Waals surface area contributed by atoms with Crippen LogP contribution in [-0.2, 0) is 9.53 Å². The largest absolute Gasteiger partial charge is 0.462 e. The highest BCUT2D eigenvalue weighted by atomic mass is 16.5. The van der Waals surface area contributed by atoms with Gasteiger partial charge in [-0.2, -0.15) is 5.26 Å². The van der Waals surface area contributed by atoms with Crippen molar-refractivity contribution in [1.29, 1.82) is 5.26 Å². The second-order valence-corrected chi connectivity index (χ2v) is 6.92. The van der Waals surface area contributed by atoms with Crippen LogP contribution in [0.2, 0.25) is 0 Å². The molecule has 0 bridgehead atoms. The predicted molar refractivity (Wildman–Crippen MR) is 120 cm³/mol. The van der Waals surface area contributed by atoms with Gasteiger partial charge in [-0.1, -0.05) is 24.3 Å². The Bertz CT molecular complexity index is 1180. The second-order valence-electron chi connectivity index (χ2n) is 6.92. The number of hydrogen-bond donors (Lipinski definition) is 1. The highest BCUT2D eigenvalue weighted by Gasteiger charge is 2.15. The van der Waals surface area contributed by atoms with Crippen molar-refractivity contribution >= 4 is 23.6 Å². The van der Waals surface area contributed by atoms with E-state index < -0.39 is 5.91 Å². The first-order chi connectivity index (χ1) is 14.9. The monoisotopic (exact) mass is 413 g/mol. The van der Waals surface area contributed by atoms with Gasteiger partial charge < -0.3 is 14.6 Å². The summed E-state index contributed by atoms with van der Waals surface area (Å²) in [6.45, 7) is 5.90. The lowest BCUT2D eigenvalue weighted by Crippen LogP contribution is -2.13. The Labute approximate surface area is 181 Å². The van der Waals surface area contributed by atoms with Gasteiger partial charge in [0.15, 0.2) is 0 Å². The lowest BCUT2D eigenvalue weighted by Gasteiger charge is -2.11. The molecule has 0 atom stereocenters. The number of nitrogens with zero attached hydrogens (tertiary/aromatic N) is 2. The Morgan fingerprint density at radius 1 is 1.10 bits per heavy atom. The van der Waals surface area contributed by atoms with Crippen molar-refractivity contribution in [2.75, 3.05) is 11.9 Å². The fourth-order valence-corrected chi connectivity index (χ4v) is 3.34. The van der Waals surface area contributed by atoms with Gasteiger partial charge in [0.2, 0.25) is 0 Å². The number of aryl methyl sites for hydroxylation is 1. The fraction of sp³-hybridized carbons (Fsp3) is 0.160. The number of aromatic nitrogens is 1. The van der Waals surface area contributed by atoms with Crippen LogP contribution in [0.4, 0.5) is 5.69 Å². The number of benzene rings is 2.